The number of carbonyl (C=O) groups excluding carboxylic acids is 1. The summed E-state index contributed by atoms with van der Waals surface area (Å²) in [6.45, 7) is 2.16. The smallest absolute Gasteiger partial charge is 0.274 e. The zero-order chi connectivity index (χ0) is 18.8. The fourth-order valence-electron chi connectivity index (χ4n) is 2.50. The number of aromatic nitrogens is 1. The van der Waals surface area contributed by atoms with Gasteiger partial charge in [-0.25, -0.2) is 0 Å². The van der Waals surface area contributed by atoms with Gasteiger partial charge in [-0.15, -0.1) is 0 Å². The monoisotopic (exact) mass is 374 g/mol. The highest BCUT2D eigenvalue weighted by atomic mass is 35.5. The molecule has 1 aromatic heterocycles. The first-order chi connectivity index (χ1) is 12.4. The standard InChI is InChI=1S/C18H15ClN2O5/c1-2-20-18(25)16-15(9-3-5-10(22)6-4-9)17(26-21-16)11-7-12(19)14(24)8-13(11)23/h3-8,22-24H,2H2,1H3,(H,20,25). The highest BCUT2D eigenvalue weighted by molar-refractivity contribution is 6.32. The number of hydrogen-bond acceptors (Lipinski definition) is 6. The molecule has 0 spiro atoms. The van der Waals surface area contributed by atoms with E-state index in [9.17, 15) is 20.1 Å². The predicted molar refractivity (Wildman–Crippen MR) is 95.4 cm³/mol. The molecule has 0 saturated heterocycles. The quantitative estimate of drug-likeness (QED) is 0.555. The lowest BCUT2D eigenvalue weighted by atomic mass is 9.98. The van der Waals surface area contributed by atoms with Gasteiger partial charge in [0.2, 0.25) is 0 Å². The third kappa shape index (κ3) is 3.16. The fraction of sp³-hybridized carbons (Fsp3) is 0.111. The van der Waals surface area contributed by atoms with E-state index in [0.29, 0.717) is 17.7 Å². The van der Waals surface area contributed by atoms with Crippen molar-refractivity contribution in [2.45, 2.75) is 6.92 Å². The maximum Gasteiger partial charge on any atom is 0.274 e. The second kappa shape index (κ2) is 6.97. The average Bonchev–Trinajstić information content (AvgIpc) is 3.04. The molecule has 0 atom stereocenters. The maximum absolute atomic E-state index is 12.3. The van der Waals surface area contributed by atoms with Gasteiger partial charge in [-0.3, -0.25) is 4.79 Å². The molecule has 0 aliphatic rings. The Labute approximate surface area is 153 Å². The molecule has 0 fully saturated rings. The van der Waals surface area contributed by atoms with Crippen LogP contribution in [0.15, 0.2) is 40.9 Å². The summed E-state index contributed by atoms with van der Waals surface area (Å²) in [6, 6.07) is 8.49. The Bertz CT molecular complexity index is 966. The van der Waals surface area contributed by atoms with Gasteiger partial charge in [0.25, 0.3) is 5.91 Å². The van der Waals surface area contributed by atoms with E-state index in [-0.39, 0.29) is 39.3 Å². The Kier molecular flexibility index (Phi) is 4.73. The summed E-state index contributed by atoms with van der Waals surface area (Å²) in [4.78, 5) is 12.3. The summed E-state index contributed by atoms with van der Waals surface area (Å²) >= 11 is 5.94. The Morgan fingerprint density at radius 3 is 2.50 bits per heavy atom. The van der Waals surface area contributed by atoms with E-state index < -0.39 is 5.91 Å². The van der Waals surface area contributed by atoms with Crippen LogP contribution in [0.3, 0.4) is 0 Å². The number of halogens is 1. The molecule has 3 rings (SSSR count). The molecule has 0 aliphatic carbocycles. The number of phenolic OH excluding ortho intramolecular Hbond substituents is 3. The molecular formula is C18H15ClN2O5. The number of rotatable bonds is 4. The molecule has 8 heteroatoms. The Morgan fingerprint density at radius 2 is 1.85 bits per heavy atom. The van der Waals surface area contributed by atoms with Crippen molar-refractivity contribution in [3.05, 3.63) is 47.1 Å². The maximum atomic E-state index is 12.3. The molecule has 26 heavy (non-hydrogen) atoms. The summed E-state index contributed by atoms with van der Waals surface area (Å²) in [6.07, 6.45) is 0. The third-order valence-corrected chi connectivity index (χ3v) is 4.01. The van der Waals surface area contributed by atoms with Gasteiger partial charge in [-0.2, -0.15) is 0 Å². The van der Waals surface area contributed by atoms with Crippen LogP contribution in [0.1, 0.15) is 17.4 Å². The van der Waals surface area contributed by atoms with Gasteiger partial charge in [-0.05, 0) is 30.7 Å². The first-order valence-electron chi connectivity index (χ1n) is 7.71. The molecule has 1 heterocycles. The molecule has 0 saturated carbocycles. The van der Waals surface area contributed by atoms with Gasteiger partial charge in [0.15, 0.2) is 11.5 Å². The highest BCUT2D eigenvalue weighted by Crippen LogP contribution is 2.42. The van der Waals surface area contributed by atoms with Crippen LogP contribution < -0.4 is 5.32 Å². The van der Waals surface area contributed by atoms with Crippen LogP contribution in [0.25, 0.3) is 22.5 Å². The van der Waals surface area contributed by atoms with Gasteiger partial charge in [-0.1, -0.05) is 28.9 Å². The number of nitrogens with one attached hydrogen (secondary N) is 1. The number of carbonyl (C=O) groups is 1. The SMILES string of the molecule is CCNC(=O)c1noc(-c2cc(Cl)c(O)cc2O)c1-c1ccc(O)cc1. The van der Waals surface area contributed by atoms with Crippen LogP contribution >= 0.6 is 11.6 Å². The summed E-state index contributed by atoms with van der Waals surface area (Å²) in [7, 11) is 0. The van der Waals surface area contributed by atoms with E-state index in [2.05, 4.69) is 10.5 Å². The van der Waals surface area contributed by atoms with Crippen molar-refractivity contribution < 1.29 is 24.6 Å². The molecule has 0 bridgehead atoms. The summed E-state index contributed by atoms with van der Waals surface area (Å²) in [5, 5.41) is 35.8. The molecule has 0 unspecified atom stereocenters. The molecule has 3 aromatic rings. The molecule has 1 amide bonds. The first kappa shape index (κ1) is 17.6. The van der Waals surface area contributed by atoms with Crippen molar-refractivity contribution in [2.75, 3.05) is 6.54 Å². The molecule has 7 nitrogen and oxygen atoms in total. The molecule has 0 aliphatic heterocycles. The van der Waals surface area contributed by atoms with E-state index >= 15 is 0 Å². The number of hydrogen-bond donors (Lipinski definition) is 4. The largest absolute Gasteiger partial charge is 0.508 e. The minimum absolute atomic E-state index is 0.00501. The van der Waals surface area contributed by atoms with Crippen LogP contribution in [-0.4, -0.2) is 32.9 Å². The summed E-state index contributed by atoms with van der Waals surface area (Å²) < 4.78 is 5.34. The van der Waals surface area contributed by atoms with Crippen LogP contribution in [0.2, 0.25) is 5.02 Å². The van der Waals surface area contributed by atoms with Crippen molar-refractivity contribution >= 4 is 17.5 Å². The molecule has 0 radical (unpaired) electrons. The van der Waals surface area contributed by atoms with Crippen molar-refractivity contribution in [3.63, 3.8) is 0 Å². The van der Waals surface area contributed by atoms with Crippen LogP contribution in [0, 0.1) is 0 Å². The topological polar surface area (TPSA) is 116 Å². The number of nitrogens with zero attached hydrogens (tertiary/aromatic N) is 1. The second-order valence-corrected chi connectivity index (χ2v) is 5.87. The van der Waals surface area contributed by atoms with E-state index in [1.807, 2.05) is 0 Å². The first-order valence-corrected chi connectivity index (χ1v) is 8.09. The lowest BCUT2D eigenvalue weighted by Crippen LogP contribution is -2.23. The van der Waals surface area contributed by atoms with E-state index in [4.69, 9.17) is 16.1 Å². The molecule has 4 N–H and O–H groups in total. The average molecular weight is 375 g/mol. The number of phenols is 3. The summed E-state index contributed by atoms with van der Waals surface area (Å²) in [5.41, 5.74) is 1.06. The third-order valence-electron chi connectivity index (χ3n) is 3.71. The van der Waals surface area contributed by atoms with Gasteiger partial charge in [0, 0.05) is 12.6 Å². The van der Waals surface area contributed by atoms with E-state index in [1.54, 1.807) is 19.1 Å². The number of amides is 1. The Hall–Kier alpha value is -3.19. The van der Waals surface area contributed by atoms with Crippen molar-refractivity contribution in [1.82, 2.24) is 10.5 Å². The lowest BCUT2D eigenvalue weighted by molar-refractivity contribution is 0.0947. The molecule has 134 valence electrons. The van der Waals surface area contributed by atoms with Gasteiger partial charge in [0.1, 0.15) is 17.2 Å². The van der Waals surface area contributed by atoms with Gasteiger partial charge >= 0.3 is 0 Å². The minimum atomic E-state index is -0.449. The molecule has 2 aromatic carbocycles. The zero-order valence-electron chi connectivity index (χ0n) is 13.7. The number of aromatic hydroxyl groups is 3. The summed E-state index contributed by atoms with van der Waals surface area (Å²) in [5.74, 6) is -0.860. The lowest BCUT2D eigenvalue weighted by Gasteiger charge is -2.08. The van der Waals surface area contributed by atoms with Crippen molar-refractivity contribution in [1.29, 1.82) is 0 Å². The zero-order valence-corrected chi connectivity index (χ0v) is 14.4. The van der Waals surface area contributed by atoms with Gasteiger partial charge in [0.05, 0.1) is 16.1 Å². The van der Waals surface area contributed by atoms with Crippen LogP contribution in [-0.2, 0) is 0 Å². The fourth-order valence-corrected chi connectivity index (χ4v) is 2.67. The molecular weight excluding hydrogens is 360 g/mol. The predicted octanol–water partition coefficient (Wildman–Crippen LogP) is 3.53. The minimum Gasteiger partial charge on any atom is -0.508 e. The van der Waals surface area contributed by atoms with Crippen LogP contribution in [0.4, 0.5) is 0 Å². The van der Waals surface area contributed by atoms with Crippen molar-refractivity contribution in [2.24, 2.45) is 0 Å². The van der Waals surface area contributed by atoms with Crippen molar-refractivity contribution in [3.8, 4) is 39.7 Å². The van der Waals surface area contributed by atoms with Crippen LogP contribution in [0.5, 0.6) is 17.2 Å². The number of benzene rings is 2. The van der Waals surface area contributed by atoms with E-state index in [1.165, 1.54) is 18.2 Å². The Balaban J connectivity index is 2.25. The highest BCUT2D eigenvalue weighted by Gasteiger charge is 2.26. The second-order valence-electron chi connectivity index (χ2n) is 5.46. The van der Waals surface area contributed by atoms with Gasteiger partial charge < -0.3 is 25.2 Å². The normalized spacial score (nSPS) is 10.7. The van der Waals surface area contributed by atoms with E-state index in [0.717, 1.165) is 6.07 Å². The Morgan fingerprint density at radius 1 is 1.15 bits per heavy atom.